The van der Waals surface area contributed by atoms with Gasteiger partial charge in [-0.25, -0.2) is 9.00 Å². The minimum atomic E-state index is -1.95. The molecule has 0 bridgehead atoms. The van der Waals surface area contributed by atoms with Gasteiger partial charge in [0.25, 0.3) is 0 Å². The Labute approximate surface area is 105 Å². The van der Waals surface area contributed by atoms with Crippen molar-refractivity contribution >= 4 is 17.2 Å². The molecule has 0 saturated carbocycles. The molecule has 2 unspecified atom stereocenters. The molecule has 102 valence electrons. The Morgan fingerprint density at radius 2 is 2.00 bits per heavy atom. The van der Waals surface area contributed by atoms with E-state index in [1.165, 1.54) is 0 Å². The molecule has 2 N–H and O–H groups in total. The minimum Gasteiger partial charge on any atom is -0.444 e. The molecule has 0 aromatic heterocycles. The van der Waals surface area contributed by atoms with Crippen LogP contribution in [0.5, 0.6) is 0 Å². The van der Waals surface area contributed by atoms with Crippen LogP contribution in [0.4, 0.5) is 4.79 Å². The Hall–Kier alpha value is -0.660. The van der Waals surface area contributed by atoms with Crippen molar-refractivity contribution in [3.05, 3.63) is 0 Å². The molecule has 0 fully saturated rings. The van der Waals surface area contributed by atoms with Crippen LogP contribution in [0.2, 0.25) is 0 Å². The maximum Gasteiger partial charge on any atom is 0.407 e. The van der Waals surface area contributed by atoms with Crippen molar-refractivity contribution in [3.63, 3.8) is 0 Å². The summed E-state index contributed by atoms with van der Waals surface area (Å²) < 4.78 is 24.7. The standard InChI is InChI=1S/C10H22N2O4S/c1-10(2,3)16-9(13)11-8(6-12(4)5)7-17(14)15/h8H,6-7H2,1-5H3,(H,11,13)(H,14,15). The van der Waals surface area contributed by atoms with Crippen LogP contribution in [0.15, 0.2) is 0 Å². The Morgan fingerprint density at radius 3 is 2.35 bits per heavy atom. The van der Waals surface area contributed by atoms with Crippen molar-refractivity contribution in [2.75, 3.05) is 26.4 Å². The first-order valence-electron chi connectivity index (χ1n) is 5.32. The summed E-state index contributed by atoms with van der Waals surface area (Å²) >= 11 is -1.95. The van der Waals surface area contributed by atoms with Crippen molar-refractivity contribution < 1.29 is 18.3 Å². The van der Waals surface area contributed by atoms with Gasteiger partial charge in [0, 0.05) is 6.54 Å². The van der Waals surface area contributed by atoms with Gasteiger partial charge < -0.3 is 19.5 Å². The van der Waals surface area contributed by atoms with Crippen molar-refractivity contribution in [2.45, 2.75) is 32.4 Å². The zero-order chi connectivity index (χ0) is 13.6. The van der Waals surface area contributed by atoms with E-state index >= 15 is 0 Å². The lowest BCUT2D eigenvalue weighted by Gasteiger charge is -2.24. The molecule has 0 saturated heterocycles. The number of carbonyl (C=O) groups is 1. The number of likely N-dealkylation sites (N-methyl/N-ethyl adjacent to an activating group) is 1. The van der Waals surface area contributed by atoms with Crippen LogP contribution in [0.1, 0.15) is 20.8 Å². The zero-order valence-corrected chi connectivity index (χ0v) is 11.8. The van der Waals surface area contributed by atoms with E-state index in [0.29, 0.717) is 6.54 Å². The summed E-state index contributed by atoms with van der Waals surface area (Å²) in [7, 11) is 3.65. The predicted octanol–water partition coefficient (Wildman–Crippen LogP) is 0.663. The smallest absolute Gasteiger partial charge is 0.407 e. The molecule has 0 aromatic rings. The molecule has 0 aliphatic heterocycles. The highest BCUT2D eigenvalue weighted by molar-refractivity contribution is 7.79. The van der Waals surface area contributed by atoms with E-state index in [-0.39, 0.29) is 5.75 Å². The summed E-state index contributed by atoms with van der Waals surface area (Å²) in [6, 6.07) is -0.411. The summed E-state index contributed by atoms with van der Waals surface area (Å²) in [4.78, 5) is 13.3. The molecule has 17 heavy (non-hydrogen) atoms. The summed E-state index contributed by atoms with van der Waals surface area (Å²) in [5.74, 6) is -0.0164. The fraction of sp³-hybridized carbons (Fsp3) is 0.900. The third-order valence-electron chi connectivity index (χ3n) is 1.65. The van der Waals surface area contributed by atoms with Crippen LogP contribution in [0, 0.1) is 0 Å². The molecule has 2 atom stereocenters. The second-order valence-electron chi connectivity index (χ2n) is 5.09. The summed E-state index contributed by atoms with van der Waals surface area (Å²) in [5.41, 5.74) is -0.578. The fourth-order valence-electron chi connectivity index (χ4n) is 1.23. The van der Waals surface area contributed by atoms with Gasteiger partial charge in [0.05, 0.1) is 11.8 Å². The summed E-state index contributed by atoms with van der Waals surface area (Å²) in [6.07, 6.45) is -0.574. The molecule has 0 rings (SSSR count). The SMILES string of the molecule is CN(C)CC(CS(=O)O)NC(=O)OC(C)(C)C. The van der Waals surface area contributed by atoms with Gasteiger partial charge in [-0.1, -0.05) is 0 Å². The predicted molar refractivity (Wildman–Crippen MR) is 67.3 cm³/mol. The normalized spacial score (nSPS) is 15.5. The first-order chi connectivity index (χ1) is 7.60. The van der Waals surface area contributed by atoms with Gasteiger partial charge in [0.2, 0.25) is 0 Å². The molecular weight excluding hydrogens is 244 g/mol. The highest BCUT2D eigenvalue weighted by atomic mass is 32.2. The topological polar surface area (TPSA) is 78.9 Å². The molecule has 0 heterocycles. The van der Waals surface area contributed by atoms with Crippen LogP contribution in [0.3, 0.4) is 0 Å². The Bertz CT molecular complexity index is 276. The fourth-order valence-corrected chi connectivity index (χ4v) is 1.76. The Kier molecular flexibility index (Phi) is 6.66. The van der Waals surface area contributed by atoms with Crippen LogP contribution in [-0.2, 0) is 15.8 Å². The number of rotatable bonds is 5. The lowest BCUT2D eigenvalue weighted by Crippen LogP contribution is -2.46. The van der Waals surface area contributed by atoms with Crippen LogP contribution >= 0.6 is 0 Å². The van der Waals surface area contributed by atoms with E-state index < -0.39 is 28.8 Å². The monoisotopic (exact) mass is 266 g/mol. The second kappa shape index (κ2) is 6.93. The number of hydrogen-bond acceptors (Lipinski definition) is 4. The van der Waals surface area contributed by atoms with Gasteiger partial charge in [-0.3, -0.25) is 0 Å². The van der Waals surface area contributed by atoms with Crippen molar-refractivity contribution in [2.24, 2.45) is 0 Å². The van der Waals surface area contributed by atoms with Gasteiger partial charge in [0.1, 0.15) is 5.60 Å². The van der Waals surface area contributed by atoms with E-state index in [1.807, 2.05) is 19.0 Å². The summed E-state index contributed by atoms with van der Waals surface area (Å²) in [5, 5.41) is 2.58. The van der Waals surface area contributed by atoms with E-state index in [0.717, 1.165) is 0 Å². The summed E-state index contributed by atoms with van der Waals surface area (Å²) in [6.45, 7) is 5.76. The molecule has 6 nitrogen and oxygen atoms in total. The lowest BCUT2D eigenvalue weighted by atomic mass is 10.2. The average molecular weight is 266 g/mol. The number of carbonyl (C=O) groups excluding carboxylic acids is 1. The number of hydrogen-bond donors (Lipinski definition) is 2. The number of amides is 1. The van der Waals surface area contributed by atoms with Crippen LogP contribution < -0.4 is 5.32 Å². The molecule has 0 radical (unpaired) electrons. The van der Waals surface area contributed by atoms with Crippen molar-refractivity contribution in [3.8, 4) is 0 Å². The van der Waals surface area contributed by atoms with Crippen LogP contribution in [-0.4, -0.2) is 57.8 Å². The van der Waals surface area contributed by atoms with Gasteiger partial charge in [-0.05, 0) is 34.9 Å². The number of alkyl carbamates (subject to hydrolysis) is 1. The third-order valence-corrected chi connectivity index (χ3v) is 2.34. The van der Waals surface area contributed by atoms with Gasteiger partial charge in [0.15, 0.2) is 11.1 Å². The average Bonchev–Trinajstić information content (AvgIpc) is 1.95. The van der Waals surface area contributed by atoms with E-state index in [2.05, 4.69) is 5.32 Å². The maximum absolute atomic E-state index is 11.5. The van der Waals surface area contributed by atoms with E-state index in [1.54, 1.807) is 20.8 Å². The highest BCUT2D eigenvalue weighted by Crippen LogP contribution is 2.06. The van der Waals surface area contributed by atoms with Crippen molar-refractivity contribution in [1.29, 1.82) is 0 Å². The van der Waals surface area contributed by atoms with Crippen LogP contribution in [0.25, 0.3) is 0 Å². The quantitative estimate of drug-likeness (QED) is 0.715. The highest BCUT2D eigenvalue weighted by Gasteiger charge is 2.21. The molecule has 7 heteroatoms. The van der Waals surface area contributed by atoms with Crippen molar-refractivity contribution in [1.82, 2.24) is 10.2 Å². The van der Waals surface area contributed by atoms with E-state index in [4.69, 9.17) is 9.29 Å². The molecular formula is C10H22N2O4S. The first-order valence-corrected chi connectivity index (χ1v) is 6.59. The maximum atomic E-state index is 11.5. The lowest BCUT2D eigenvalue weighted by molar-refractivity contribution is 0.0503. The Morgan fingerprint density at radius 1 is 1.47 bits per heavy atom. The van der Waals surface area contributed by atoms with E-state index in [9.17, 15) is 9.00 Å². The third kappa shape index (κ3) is 10.2. The number of ether oxygens (including phenoxy) is 1. The van der Waals surface area contributed by atoms with Gasteiger partial charge in [-0.15, -0.1) is 0 Å². The molecule has 0 aromatic carbocycles. The number of nitrogens with zero attached hydrogens (tertiary/aromatic N) is 1. The Balaban J connectivity index is 4.32. The van der Waals surface area contributed by atoms with Gasteiger partial charge in [-0.2, -0.15) is 0 Å². The first kappa shape index (κ1) is 16.3. The second-order valence-corrected chi connectivity index (χ2v) is 6.07. The molecule has 0 spiro atoms. The zero-order valence-electron chi connectivity index (χ0n) is 11.0. The largest absolute Gasteiger partial charge is 0.444 e. The molecule has 1 amide bonds. The van der Waals surface area contributed by atoms with Gasteiger partial charge >= 0.3 is 6.09 Å². The molecule has 0 aliphatic rings. The molecule has 0 aliphatic carbocycles. The minimum absolute atomic E-state index is 0.0164. The number of nitrogens with one attached hydrogen (secondary N) is 1.